The second kappa shape index (κ2) is 15.4. The van der Waals surface area contributed by atoms with Crippen molar-refractivity contribution in [3.63, 3.8) is 0 Å². The molecule has 0 amide bonds. The van der Waals surface area contributed by atoms with Gasteiger partial charge in [-0.3, -0.25) is 9.11 Å². The summed E-state index contributed by atoms with van der Waals surface area (Å²) in [5, 5.41) is 9.04. The van der Waals surface area contributed by atoms with Crippen LogP contribution in [0.4, 0.5) is 15.8 Å². The zero-order valence-electron chi connectivity index (χ0n) is 26.2. The van der Waals surface area contributed by atoms with Gasteiger partial charge in [0.25, 0.3) is 0 Å². The molecule has 45 heavy (non-hydrogen) atoms. The fraction of sp³-hybridized carbons (Fsp3) is 0.382. The highest BCUT2D eigenvalue weighted by molar-refractivity contribution is 8.22. The Balaban J connectivity index is 2.01. The van der Waals surface area contributed by atoms with E-state index in [9.17, 15) is 18.3 Å². The van der Waals surface area contributed by atoms with Gasteiger partial charge in [0.1, 0.15) is 22.7 Å². The predicted molar refractivity (Wildman–Crippen MR) is 181 cm³/mol. The van der Waals surface area contributed by atoms with E-state index in [1.54, 1.807) is 7.11 Å². The topological polar surface area (TPSA) is 103 Å². The average molecular weight is 659 g/mol. The number of fused-ring (bicyclic) bond motifs is 1. The number of methoxy groups -OCH3 is 1. The summed E-state index contributed by atoms with van der Waals surface area (Å²) < 4.78 is 51.9. The van der Waals surface area contributed by atoms with E-state index in [0.29, 0.717) is 29.1 Å². The Bertz CT molecular complexity index is 1460. The van der Waals surface area contributed by atoms with Crippen LogP contribution in [0.25, 0.3) is 0 Å². The molecule has 4 rings (SSSR count). The minimum atomic E-state index is -3.70. The summed E-state index contributed by atoms with van der Waals surface area (Å²) in [5.41, 5.74) is 1.76. The normalized spacial score (nSPS) is 16.9. The molecule has 0 radical (unpaired) electrons. The molecule has 11 heteroatoms. The maximum absolute atomic E-state index is 14.0. The van der Waals surface area contributed by atoms with Crippen LogP contribution in [0.15, 0.2) is 88.6 Å². The summed E-state index contributed by atoms with van der Waals surface area (Å²) in [6.07, 6.45) is 7.49. The first kappa shape index (κ1) is 34.6. The van der Waals surface area contributed by atoms with Crippen LogP contribution in [0.1, 0.15) is 57.9 Å². The molecular weight excluding hydrogens is 616 g/mol. The van der Waals surface area contributed by atoms with Crippen LogP contribution in [0.2, 0.25) is 0 Å². The summed E-state index contributed by atoms with van der Waals surface area (Å²) in [6, 6.07) is 20.8. The van der Waals surface area contributed by atoms with E-state index in [2.05, 4.69) is 18.7 Å². The van der Waals surface area contributed by atoms with Gasteiger partial charge in [-0.05, 0) is 55.0 Å². The number of ether oxygens (including phenoxy) is 2. The molecule has 0 atom stereocenters. The lowest BCUT2D eigenvalue weighted by Gasteiger charge is -2.52. The summed E-state index contributed by atoms with van der Waals surface area (Å²) in [5.74, 6) is -2.38. The van der Waals surface area contributed by atoms with E-state index >= 15 is 0 Å². The quantitative estimate of drug-likeness (QED) is 0.0888. The number of benzene rings is 3. The number of unbranched alkanes of at least 4 members (excludes halogenated alkanes) is 2. The zero-order valence-corrected chi connectivity index (χ0v) is 27.9. The lowest BCUT2D eigenvalue weighted by Crippen LogP contribution is -2.54. The average Bonchev–Trinajstić information content (AvgIpc) is 3.13. The van der Waals surface area contributed by atoms with Crippen LogP contribution >= 0.6 is 22.5 Å². The lowest BCUT2D eigenvalue weighted by molar-refractivity contribution is -0.134. The van der Waals surface area contributed by atoms with Gasteiger partial charge in [-0.2, -0.15) is 8.70 Å². The van der Waals surface area contributed by atoms with Gasteiger partial charge in [-0.1, -0.05) is 69.9 Å². The van der Waals surface area contributed by atoms with E-state index in [-0.39, 0.29) is 17.2 Å². The zero-order chi connectivity index (χ0) is 32.6. The van der Waals surface area contributed by atoms with E-state index in [1.807, 2.05) is 71.2 Å². The maximum Gasteiger partial charge on any atom is 0.368 e. The van der Waals surface area contributed by atoms with Gasteiger partial charge in [-0.15, -0.1) is 22.5 Å². The molecule has 3 N–H and O–H groups in total. The molecule has 1 aliphatic heterocycles. The molecule has 1 heterocycles. The Morgan fingerprint density at radius 3 is 2.24 bits per heavy atom. The number of rotatable bonds is 14. The molecule has 0 aliphatic carbocycles. The van der Waals surface area contributed by atoms with E-state index in [0.717, 1.165) is 49.8 Å². The molecule has 244 valence electrons. The van der Waals surface area contributed by atoms with Gasteiger partial charge < -0.3 is 19.5 Å². The molecule has 0 spiro atoms. The number of anilines is 2. The van der Waals surface area contributed by atoms with E-state index in [4.69, 9.17) is 14.6 Å². The van der Waals surface area contributed by atoms with Gasteiger partial charge in [0, 0.05) is 24.8 Å². The van der Waals surface area contributed by atoms with Crippen LogP contribution in [-0.2, 0) is 11.3 Å². The number of halogens is 1. The van der Waals surface area contributed by atoms with Gasteiger partial charge in [-0.25, -0.2) is 4.79 Å². The molecule has 0 aromatic heterocycles. The number of para-hydroxylation sites is 1. The third-order valence-electron chi connectivity index (χ3n) is 8.16. The number of hydrogen-bond acceptors (Lipinski definition) is 8. The molecule has 1 aliphatic rings. The van der Waals surface area contributed by atoms with Crippen LogP contribution in [0.3, 0.4) is 0 Å². The summed E-state index contributed by atoms with van der Waals surface area (Å²) >= 11 is 1.34. The van der Waals surface area contributed by atoms with Gasteiger partial charge in [0.2, 0.25) is 5.83 Å². The SMILES string of the molecule is CCCCC1(CCCC)CN(c2ccccc2)c2cc(SC)c(OC=C(F)C(=O)O)cc2S(O)(O)N1Cc1ccc(OC)cc1. The first-order valence-electron chi connectivity index (χ1n) is 15.1. The van der Waals surface area contributed by atoms with Crippen LogP contribution < -0.4 is 14.4 Å². The minimum absolute atomic E-state index is 0.129. The standard InChI is InChI=1S/C34H43FN2O6S2/c1-5-7-18-34(19-8-6-2)24-36(26-12-10-9-11-13-26)29-20-31(44-4)30(43-23-28(35)33(38)39)21-32(29)45(40,41)37(34)22-25-14-16-27(42-3)17-15-25/h9-17,20-21,23,40-41H,5-8,18-19,22,24H2,1-4H3,(H,38,39). The Morgan fingerprint density at radius 2 is 1.69 bits per heavy atom. The molecule has 3 aromatic rings. The Hall–Kier alpha value is -3.22. The summed E-state index contributed by atoms with van der Waals surface area (Å²) in [7, 11) is -2.10. The van der Waals surface area contributed by atoms with Crippen molar-refractivity contribution in [1.29, 1.82) is 0 Å². The molecule has 0 saturated heterocycles. The largest absolute Gasteiger partial charge is 0.497 e. The van der Waals surface area contributed by atoms with Gasteiger partial charge in [0.05, 0.1) is 23.2 Å². The monoisotopic (exact) mass is 658 g/mol. The van der Waals surface area contributed by atoms with Crippen molar-refractivity contribution < 1.29 is 32.9 Å². The molecule has 0 unspecified atom stereocenters. The molecule has 8 nitrogen and oxygen atoms in total. The second-order valence-corrected chi connectivity index (χ2v) is 13.9. The third kappa shape index (κ3) is 7.78. The van der Waals surface area contributed by atoms with Crippen molar-refractivity contribution in [3.05, 3.63) is 84.4 Å². The van der Waals surface area contributed by atoms with Crippen molar-refractivity contribution in [3.8, 4) is 11.5 Å². The Morgan fingerprint density at radius 1 is 1.04 bits per heavy atom. The van der Waals surface area contributed by atoms with E-state index < -0.39 is 28.1 Å². The number of thioether (sulfide) groups is 1. The van der Waals surface area contributed by atoms with Gasteiger partial charge >= 0.3 is 5.97 Å². The number of nitrogens with zero attached hydrogens (tertiary/aromatic N) is 2. The van der Waals surface area contributed by atoms with E-state index in [1.165, 1.54) is 17.8 Å². The Kier molecular flexibility index (Phi) is 11.8. The first-order valence-corrected chi connectivity index (χ1v) is 17.8. The Labute approximate surface area is 271 Å². The molecule has 0 saturated carbocycles. The lowest BCUT2D eigenvalue weighted by atomic mass is 9.85. The molecule has 0 bridgehead atoms. The summed E-state index contributed by atoms with van der Waals surface area (Å²) in [6.45, 7) is 5.03. The third-order valence-corrected chi connectivity index (χ3v) is 11.0. The minimum Gasteiger partial charge on any atom is -0.497 e. The fourth-order valence-electron chi connectivity index (χ4n) is 5.76. The number of carboxylic acids is 1. The van der Waals surface area contributed by atoms with Crippen molar-refractivity contribution in [2.45, 2.75) is 74.2 Å². The van der Waals surface area contributed by atoms with Crippen molar-refractivity contribution in [1.82, 2.24) is 4.31 Å². The molecule has 0 fully saturated rings. The molecule has 3 aromatic carbocycles. The first-order chi connectivity index (χ1) is 21.6. The summed E-state index contributed by atoms with van der Waals surface area (Å²) in [4.78, 5) is 14.1. The fourth-order valence-corrected chi connectivity index (χ4v) is 8.36. The van der Waals surface area contributed by atoms with Crippen LogP contribution in [0.5, 0.6) is 11.5 Å². The highest BCUT2D eigenvalue weighted by Gasteiger charge is 2.49. The molecular formula is C34H43FN2O6S2. The van der Waals surface area contributed by atoms with Gasteiger partial charge in [0.15, 0.2) is 0 Å². The van der Waals surface area contributed by atoms with Crippen molar-refractivity contribution in [2.24, 2.45) is 0 Å². The van der Waals surface area contributed by atoms with Crippen LogP contribution in [-0.4, -0.2) is 49.9 Å². The number of carboxylic acid groups (broad SMARTS) is 1. The van der Waals surface area contributed by atoms with Crippen molar-refractivity contribution >= 4 is 39.9 Å². The van der Waals surface area contributed by atoms with Crippen molar-refractivity contribution in [2.75, 3.05) is 24.8 Å². The second-order valence-electron chi connectivity index (χ2n) is 11.1. The smallest absolute Gasteiger partial charge is 0.368 e. The number of carbonyl (C=O) groups is 1. The highest BCUT2D eigenvalue weighted by atomic mass is 32.3. The number of hydrogen-bond donors (Lipinski definition) is 3. The highest BCUT2D eigenvalue weighted by Crippen LogP contribution is 2.64. The van der Waals surface area contributed by atoms with Crippen LogP contribution in [0, 0.1) is 0 Å². The maximum atomic E-state index is 14.0. The number of aliphatic carboxylic acids is 1. The predicted octanol–water partition coefficient (Wildman–Crippen LogP) is 9.49.